The number of aryl methyl sites for hydroxylation is 1. The molecule has 2 unspecified atom stereocenters. The van der Waals surface area contributed by atoms with Crippen molar-refractivity contribution in [2.75, 3.05) is 24.6 Å². The summed E-state index contributed by atoms with van der Waals surface area (Å²) in [5.41, 5.74) is 1.87. The summed E-state index contributed by atoms with van der Waals surface area (Å²) < 4.78 is 39.0. The normalized spacial score (nSPS) is 19.2. The lowest BCUT2D eigenvalue weighted by atomic mass is 10.1. The lowest BCUT2D eigenvalue weighted by Gasteiger charge is -2.19. The van der Waals surface area contributed by atoms with Crippen LogP contribution in [0, 0.1) is 5.92 Å². The number of pyridine rings is 1. The summed E-state index contributed by atoms with van der Waals surface area (Å²) >= 11 is 0. The molecule has 1 aromatic heterocycles. The van der Waals surface area contributed by atoms with Crippen LogP contribution in [0.25, 0.3) is 0 Å². The minimum atomic E-state index is -3.02. The van der Waals surface area contributed by atoms with Gasteiger partial charge >= 0.3 is 12.3 Å². The fourth-order valence-electron chi connectivity index (χ4n) is 3.81. The maximum absolute atomic E-state index is 12.4. The number of halogens is 2. The summed E-state index contributed by atoms with van der Waals surface area (Å²) in [5.74, 6) is 1.04. The molecule has 32 heavy (non-hydrogen) atoms. The highest BCUT2D eigenvalue weighted by Crippen LogP contribution is 2.30. The summed E-state index contributed by atoms with van der Waals surface area (Å²) in [4.78, 5) is 13.5. The Morgan fingerprint density at radius 2 is 1.97 bits per heavy atom. The highest BCUT2D eigenvalue weighted by atomic mass is 19.3. The number of hydrogen-bond donors (Lipinski definition) is 1. The molecule has 4 rings (SSSR count). The Morgan fingerprint density at radius 3 is 2.66 bits per heavy atom. The fraction of sp³-hybridized carbons (Fsp3) is 0.500. The van der Waals surface area contributed by atoms with Crippen LogP contribution in [0.3, 0.4) is 0 Å². The van der Waals surface area contributed by atoms with Crippen LogP contribution in [0.4, 0.5) is 14.5 Å². The molecule has 0 spiro atoms. The SMILES string of the molecule is CC(NC(=O)C(F)F)c1ccc(OC2CCN(c3cc[n+](C)c(OCC4CC4)c3)C2)cc1. The molecule has 1 aliphatic heterocycles. The average Bonchev–Trinajstić information content (AvgIpc) is 3.50. The van der Waals surface area contributed by atoms with E-state index >= 15 is 0 Å². The number of nitrogens with zero attached hydrogens (tertiary/aromatic N) is 2. The topological polar surface area (TPSA) is 54.7 Å². The third-order valence-electron chi connectivity index (χ3n) is 6.00. The van der Waals surface area contributed by atoms with E-state index < -0.39 is 18.4 Å². The number of aromatic nitrogens is 1. The van der Waals surface area contributed by atoms with Gasteiger partial charge in [0.15, 0.2) is 6.20 Å². The molecule has 1 saturated carbocycles. The van der Waals surface area contributed by atoms with Gasteiger partial charge in [-0.25, -0.2) is 0 Å². The van der Waals surface area contributed by atoms with Crippen molar-refractivity contribution in [1.82, 2.24) is 5.32 Å². The maximum atomic E-state index is 12.4. The number of carbonyl (C=O) groups excluding carboxylic acids is 1. The first-order chi connectivity index (χ1) is 15.4. The Balaban J connectivity index is 1.31. The van der Waals surface area contributed by atoms with Gasteiger partial charge in [-0.05, 0) is 43.4 Å². The smallest absolute Gasteiger partial charge is 0.369 e. The van der Waals surface area contributed by atoms with E-state index in [2.05, 4.69) is 22.3 Å². The van der Waals surface area contributed by atoms with Crippen molar-refractivity contribution in [2.45, 2.75) is 44.8 Å². The van der Waals surface area contributed by atoms with Crippen LogP contribution in [0.2, 0.25) is 0 Å². The number of hydrogen-bond acceptors (Lipinski definition) is 4. The van der Waals surface area contributed by atoms with Gasteiger partial charge in [0.25, 0.3) is 5.91 Å². The van der Waals surface area contributed by atoms with Crippen molar-refractivity contribution >= 4 is 11.6 Å². The van der Waals surface area contributed by atoms with Crippen LogP contribution in [0.1, 0.15) is 37.8 Å². The molecule has 0 radical (unpaired) electrons. The first-order valence-electron chi connectivity index (χ1n) is 11.1. The van der Waals surface area contributed by atoms with E-state index in [-0.39, 0.29) is 6.10 Å². The molecule has 2 aromatic rings. The molecule has 2 aliphatic rings. The monoisotopic (exact) mass is 446 g/mol. The quantitative estimate of drug-likeness (QED) is 0.600. The van der Waals surface area contributed by atoms with Crippen LogP contribution in [0.5, 0.6) is 11.6 Å². The van der Waals surface area contributed by atoms with Gasteiger partial charge in [0.05, 0.1) is 30.9 Å². The molecular formula is C24H30F2N3O3+. The predicted octanol–water partition coefficient (Wildman–Crippen LogP) is 3.40. The molecule has 6 nitrogen and oxygen atoms in total. The molecule has 2 fully saturated rings. The molecule has 1 aliphatic carbocycles. The first kappa shape index (κ1) is 22.3. The Hall–Kier alpha value is -2.90. The lowest BCUT2D eigenvalue weighted by molar-refractivity contribution is -0.677. The number of ether oxygens (including phenoxy) is 2. The third-order valence-corrected chi connectivity index (χ3v) is 6.00. The minimum Gasteiger partial charge on any atom is -0.489 e. The van der Waals surface area contributed by atoms with E-state index in [0.717, 1.165) is 49.0 Å². The molecule has 0 bridgehead atoms. The molecule has 1 N–H and O–H groups in total. The predicted molar refractivity (Wildman–Crippen MR) is 116 cm³/mol. The first-order valence-corrected chi connectivity index (χ1v) is 11.1. The molecule has 1 saturated heterocycles. The molecule has 8 heteroatoms. The molecule has 1 aromatic carbocycles. The maximum Gasteiger partial charge on any atom is 0.369 e. The van der Waals surface area contributed by atoms with Crippen molar-refractivity contribution in [2.24, 2.45) is 13.0 Å². The summed E-state index contributed by atoms with van der Waals surface area (Å²) in [6.45, 7) is 4.13. The zero-order chi connectivity index (χ0) is 22.7. The standard InChI is InChI=1S/C24H29F2N3O3/c1-16(27-24(30)23(25)26)18-5-7-20(8-6-18)32-21-10-12-29(14-21)19-9-11-28(2)22(13-19)31-15-17-3-4-17/h5-9,11,13,16-17,21,23H,3-4,10,12,14-15H2,1-2H3/p+1. The van der Waals surface area contributed by atoms with Crippen LogP contribution in [-0.4, -0.2) is 38.1 Å². The molecule has 2 atom stereocenters. The van der Waals surface area contributed by atoms with Crippen LogP contribution in [-0.2, 0) is 11.8 Å². The number of amides is 1. The highest BCUT2D eigenvalue weighted by Gasteiger charge is 2.27. The molecule has 2 heterocycles. The summed E-state index contributed by atoms with van der Waals surface area (Å²) in [6.07, 6.45) is 2.50. The summed E-state index contributed by atoms with van der Waals surface area (Å²) in [7, 11) is 1.99. The van der Waals surface area contributed by atoms with Gasteiger partial charge in [0.2, 0.25) is 0 Å². The second-order valence-corrected chi connectivity index (χ2v) is 8.66. The highest BCUT2D eigenvalue weighted by molar-refractivity contribution is 5.79. The molecular weight excluding hydrogens is 416 g/mol. The third kappa shape index (κ3) is 5.66. The minimum absolute atomic E-state index is 0.0570. The van der Waals surface area contributed by atoms with E-state index in [1.807, 2.05) is 29.9 Å². The summed E-state index contributed by atoms with van der Waals surface area (Å²) in [6, 6.07) is 10.9. The van der Waals surface area contributed by atoms with Crippen molar-refractivity contribution in [3.05, 3.63) is 48.2 Å². The van der Waals surface area contributed by atoms with E-state index in [4.69, 9.17) is 9.47 Å². The largest absolute Gasteiger partial charge is 0.489 e. The van der Waals surface area contributed by atoms with Crippen LogP contribution in [0.15, 0.2) is 42.6 Å². The van der Waals surface area contributed by atoms with Gasteiger partial charge in [-0.2, -0.15) is 13.3 Å². The molecule has 1 amide bonds. The van der Waals surface area contributed by atoms with Crippen molar-refractivity contribution in [3.63, 3.8) is 0 Å². The van der Waals surface area contributed by atoms with E-state index in [1.54, 1.807) is 19.1 Å². The van der Waals surface area contributed by atoms with Gasteiger partial charge < -0.3 is 19.7 Å². The number of anilines is 1. The summed E-state index contributed by atoms with van der Waals surface area (Å²) in [5, 5.41) is 2.29. The van der Waals surface area contributed by atoms with E-state index in [1.165, 1.54) is 12.8 Å². The van der Waals surface area contributed by atoms with E-state index in [0.29, 0.717) is 5.92 Å². The average molecular weight is 447 g/mol. The molecule has 172 valence electrons. The van der Waals surface area contributed by atoms with Gasteiger partial charge in [-0.3, -0.25) is 4.79 Å². The Morgan fingerprint density at radius 1 is 1.22 bits per heavy atom. The zero-order valence-corrected chi connectivity index (χ0v) is 18.5. The second kappa shape index (κ2) is 9.71. The number of rotatable bonds is 9. The Bertz CT molecular complexity index is 935. The number of benzene rings is 1. The van der Waals surface area contributed by atoms with Crippen LogP contribution >= 0.6 is 0 Å². The van der Waals surface area contributed by atoms with E-state index in [9.17, 15) is 13.6 Å². The Labute approximate surface area is 187 Å². The number of alkyl halides is 2. The fourth-order valence-corrected chi connectivity index (χ4v) is 3.81. The van der Waals surface area contributed by atoms with Gasteiger partial charge in [0, 0.05) is 19.0 Å². The second-order valence-electron chi connectivity index (χ2n) is 8.66. The Kier molecular flexibility index (Phi) is 6.77. The van der Waals surface area contributed by atoms with Gasteiger partial charge in [0.1, 0.15) is 18.9 Å². The van der Waals surface area contributed by atoms with Crippen molar-refractivity contribution in [1.29, 1.82) is 0 Å². The lowest BCUT2D eigenvalue weighted by Crippen LogP contribution is -2.32. The zero-order valence-electron chi connectivity index (χ0n) is 18.5. The number of nitrogens with one attached hydrogen (secondary N) is 1. The van der Waals surface area contributed by atoms with Gasteiger partial charge in [-0.15, -0.1) is 0 Å². The van der Waals surface area contributed by atoms with Crippen molar-refractivity contribution < 1.29 is 27.6 Å². The van der Waals surface area contributed by atoms with Crippen LogP contribution < -0.4 is 24.3 Å². The van der Waals surface area contributed by atoms with Gasteiger partial charge in [-0.1, -0.05) is 12.1 Å². The van der Waals surface area contributed by atoms with Crippen molar-refractivity contribution in [3.8, 4) is 11.6 Å². The number of carbonyl (C=O) groups is 1.